The van der Waals surface area contributed by atoms with Crippen LogP contribution in [0.15, 0.2) is 12.2 Å². The van der Waals surface area contributed by atoms with E-state index in [-0.39, 0.29) is 5.91 Å². The maximum Gasteiger partial charge on any atom is 0.220 e. The molecule has 1 heterocycles. The first-order valence-electron chi connectivity index (χ1n) is 8.30. The Morgan fingerprint density at radius 3 is 2.80 bits per heavy atom. The summed E-state index contributed by atoms with van der Waals surface area (Å²) >= 11 is 0. The van der Waals surface area contributed by atoms with Gasteiger partial charge in [0.25, 0.3) is 0 Å². The van der Waals surface area contributed by atoms with Gasteiger partial charge in [-0.1, -0.05) is 38.8 Å². The van der Waals surface area contributed by atoms with Crippen molar-refractivity contribution in [2.45, 2.75) is 70.9 Å². The third-order valence-corrected chi connectivity index (χ3v) is 4.81. The molecule has 0 unspecified atom stereocenters. The van der Waals surface area contributed by atoms with E-state index in [0.717, 1.165) is 45.1 Å². The molecule has 1 aliphatic heterocycles. The summed E-state index contributed by atoms with van der Waals surface area (Å²) in [5, 5.41) is 3.23. The summed E-state index contributed by atoms with van der Waals surface area (Å²) in [7, 11) is 0. The third-order valence-electron chi connectivity index (χ3n) is 4.81. The lowest BCUT2D eigenvalue weighted by atomic mass is 9.89. The first-order valence-corrected chi connectivity index (χ1v) is 8.30. The number of ether oxygens (including phenoxy) is 1. The number of hydrogen-bond acceptors (Lipinski definition) is 2. The number of nitrogens with one attached hydrogen (secondary N) is 1. The van der Waals surface area contributed by atoms with Gasteiger partial charge >= 0.3 is 0 Å². The van der Waals surface area contributed by atoms with Crippen molar-refractivity contribution in [3.05, 3.63) is 12.2 Å². The lowest BCUT2D eigenvalue weighted by molar-refractivity contribution is -0.123. The minimum atomic E-state index is 0.219. The highest BCUT2D eigenvalue weighted by Crippen LogP contribution is 2.26. The van der Waals surface area contributed by atoms with Crippen LogP contribution in [0, 0.1) is 11.8 Å². The van der Waals surface area contributed by atoms with E-state index in [0.29, 0.717) is 30.4 Å². The van der Waals surface area contributed by atoms with Gasteiger partial charge in [-0.05, 0) is 37.5 Å². The van der Waals surface area contributed by atoms with Crippen molar-refractivity contribution in [1.82, 2.24) is 5.32 Å². The van der Waals surface area contributed by atoms with Gasteiger partial charge in [0.15, 0.2) is 0 Å². The first-order chi connectivity index (χ1) is 9.72. The SMILES string of the molecule is CCC(CC)[C@@H]1C[C@H](NC(=O)C[C@H]2C=CCC2)CCO1. The standard InChI is InChI=1S/C17H29NO2/c1-3-14(4-2)16-12-15(9-10-20-16)18-17(19)11-13-7-5-6-8-13/h5,7,13-16H,3-4,6,8-12H2,1-2H3,(H,18,19)/t13-,15+,16-/m0/s1. The van der Waals surface area contributed by atoms with Crippen LogP contribution in [0.25, 0.3) is 0 Å². The minimum absolute atomic E-state index is 0.219. The van der Waals surface area contributed by atoms with Crippen LogP contribution in [0.3, 0.4) is 0 Å². The highest BCUT2D eigenvalue weighted by atomic mass is 16.5. The van der Waals surface area contributed by atoms with E-state index in [9.17, 15) is 4.79 Å². The number of rotatable bonds is 6. The van der Waals surface area contributed by atoms with Crippen molar-refractivity contribution < 1.29 is 9.53 Å². The predicted molar refractivity (Wildman–Crippen MR) is 81.5 cm³/mol. The van der Waals surface area contributed by atoms with Crippen LogP contribution in [0.4, 0.5) is 0 Å². The molecule has 2 rings (SSSR count). The fraction of sp³-hybridized carbons (Fsp3) is 0.824. The van der Waals surface area contributed by atoms with Crippen molar-refractivity contribution in [3.63, 3.8) is 0 Å². The molecule has 3 heteroatoms. The highest BCUT2D eigenvalue weighted by Gasteiger charge is 2.28. The molecule has 0 bridgehead atoms. The molecule has 0 aromatic rings. The fourth-order valence-electron chi connectivity index (χ4n) is 3.49. The molecule has 1 fully saturated rings. The number of carbonyl (C=O) groups excluding carboxylic acids is 1. The van der Waals surface area contributed by atoms with Crippen LogP contribution in [-0.2, 0) is 9.53 Å². The van der Waals surface area contributed by atoms with Gasteiger partial charge in [0.2, 0.25) is 5.91 Å². The van der Waals surface area contributed by atoms with Crippen molar-refractivity contribution >= 4 is 5.91 Å². The van der Waals surface area contributed by atoms with Gasteiger partial charge in [-0.25, -0.2) is 0 Å². The second-order valence-corrected chi connectivity index (χ2v) is 6.24. The van der Waals surface area contributed by atoms with Gasteiger partial charge in [-0.2, -0.15) is 0 Å². The van der Waals surface area contributed by atoms with E-state index in [4.69, 9.17) is 4.74 Å². The fourth-order valence-corrected chi connectivity index (χ4v) is 3.49. The normalized spacial score (nSPS) is 29.9. The zero-order valence-corrected chi connectivity index (χ0v) is 12.9. The number of amides is 1. The molecule has 2 aliphatic rings. The van der Waals surface area contributed by atoms with Gasteiger partial charge in [0, 0.05) is 19.1 Å². The maximum absolute atomic E-state index is 12.1. The molecule has 0 radical (unpaired) electrons. The zero-order chi connectivity index (χ0) is 14.4. The molecule has 3 nitrogen and oxygen atoms in total. The molecule has 20 heavy (non-hydrogen) atoms. The van der Waals surface area contributed by atoms with Crippen molar-refractivity contribution in [1.29, 1.82) is 0 Å². The quantitative estimate of drug-likeness (QED) is 0.756. The maximum atomic E-state index is 12.1. The smallest absolute Gasteiger partial charge is 0.220 e. The summed E-state index contributed by atoms with van der Waals surface area (Å²) in [6.45, 7) is 5.24. The Hall–Kier alpha value is -0.830. The van der Waals surface area contributed by atoms with Gasteiger partial charge < -0.3 is 10.1 Å². The van der Waals surface area contributed by atoms with Crippen LogP contribution >= 0.6 is 0 Å². The van der Waals surface area contributed by atoms with Crippen molar-refractivity contribution in [3.8, 4) is 0 Å². The summed E-state index contributed by atoms with van der Waals surface area (Å²) in [4.78, 5) is 12.1. The molecule has 114 valence electrons. The predicted octanol–water partition coefficient (Wildman–Crippen LogP) is 3.44. The summed E-state index contributed by atoms with van der Waals surface area (Å²) < 4.78 is 5.90. The molecule has 3 atom stereocenters. The molecule has 1 saturated heterocycles. The number of carbonyl (C=O) groups is 1. The Kier molecular flexibility index (Phi) is 6.08. The second-order valence-electron chi connectivity index (χ2n) is 6.24. The minimum Gasteiger partial charge on any atom is -0.378 e. The summed E-state index contributed by atoms with van der Waals surface area (Å²) in [5.74, 6) is 1.31. The topological polar surface area (TPSA) is 38.3 Å². The Morgan fingerprint density at radius 1 is 1.35 bits per heavy atom. The van der Waals surface area contributed by atoms with Crippen LogP contribution < -0.4 is 5.32 Å². The molecular weight excluding hydrogens is 250 g/mol. The first kappa shape index (κ1) is 15.6. The average Bonchev–Trinajstić information content (AvgIpc) is 2.93. The monoisotopic (exact) mass is 279 g/mol. The lowest BCUT2D eigenvalue weighted by Crippen LogP contribution is -2.44. The molecule has 0 aromatic carbocycles. The largest absolute Gasteiger partial charge is 0.378 e. The second kappa shape index (κ2) is 7.82. The van der Waals surface area contributed by atoms with Gasteiger partial charge in [0.05, 0.1) is 6.10 Å². The molecular formula is C17H29NO2. The van der Waals surface area contributed by atoms with E-state index in [2.05, 4.69) is 31.3 Å². The van der Waals surface area contributed by atoms with E-state index >= 15 is 0 Å². The number of allylic oxidation sites excluding steroid dienone is 2. The molecule has 0 saturated carbocycles. The molecule has 1 aliphatic carbocycles. The van der Waals surface area contributed by atoms with E-state index in [1.54, 1.807) is 0 Å². The average molecular weight is 279 g/mol. The van der Waals surface area contributed by atoms with E-state index in [1.807, 2.05) is 0 Å². The number of hydrogen-bond donors (Lipinski definition) is 1. The van der Waals surface area contributed by atoms with Crippen LogP contribution in [0.5, 0.6) is 0 Å². The highest BCUT2D eigenvalue weighted by molar-refractivity contribution is 5.76. The van der Waals surface area contributed by atoms with E-state index in [1.165, 1.54) is 0 Å². The van der Waals surface area contributed by atoms with Crippen LogP contribution in [0.2, 0.25) is 0 Å². The molecule has 1 amide bonds. The summed E-state index contributed by atoms with van der Waals surface area (Å²) in [6.07, 6.45) is 11.9. The van der Waals surface area contributed by atoms with Gasteiger partial charge in [-0.15, -0.1) is 0 Å². The van der Waals surface area contributed by atoms with Gasteiger partial charge in [-0.3, -0.25) is 4.79 Å². The third kappa shape index (κ3) is 4.34. The Balaban J connectivity index is 1.77. The van der Waals surface area contributed by atoms with E-state index < -0.39 is 0 Å². The lowest BCUT2D eigenvalue weighted by Gasteiger charge is -2.34. The zero-order valence-electron chi connectivity index (χ0n) is 12.9. The summed E-state index contributed by atoms with van der Waals surface area (Å²) in [6, 6.07) is 0.312. The molecule has 0 aromatic heterocycles. The Morgan fingerprint density at radius 2 is 2.15 bits per heavy atom. The Labute approximate surface area is 123 Å². The van der Waals surface area contributed by atoms with Crippen molar-refractivity contribution in [2.75, 3.05) is 6.61 Å². The van der Waals surface area contributed by atoms with Crippen molar-refractivity contribution in [2.24, 2.45) is 11.8 Å². The van der Waals surface area contributed by atoms with Crippen LogP contribution in [-0.4, -0.2) is 24.7 Å². The van der Waals surface area contributed by atoms with Gasteiger partial charge in [0.1, 0.15) is 0 Å². The van der Waals surface area contributed by atoms with Crippen LogP contribution in [0.1, 0.15) is 58.8 Å². The molecule has 1 N–H and O–H groups in total. The summed E-state index contributed by atoms with van der Waals surface area (Å²) in [5.41, 5.74) is 0. The Bertz CT molecular complexity index is 336. The molecule has 0 spiro atoms.